The number of rotatable bonds is 2. The van der Waals surface area contributed by atoms with Crippen molar-refractivity contribution in [2.45, 2.75) is 33.1 Å². The Hall–Kier alpha value is -1.97. The molecule has 1 saturated carbocycles. The van der Waals surface area contributed by atoms with E-state index in [1.807, 2.05) is 0 Å². The first-order chi connectivity index (χ1) is 9.99. The highest BCUT2D eigenvalue weighted by Crippen LogP contribution is 2.42. The van der Waals surface area contributed by atoms with Crippen LogP contribution in [0, 0.1) is 17.8 Å². The third-order valence-corrected chi connectivity index (χ3v) is 4.70. The van der Waals surface area contributed by atoms with E-state index in [9.17, 15) is 14.4 Å². The quantitative estimate of drug-likeness (QED) is 0.620. The number of nitrogens with zero attached hydrogens (tertiary/aromatic N) is 1. The average molecular weight is 285 g/mol. The van der Waals surface area contributed by atoms with E-state index in [2.05, 4.69) is 6.92 Å². The number of amides is 2. The Morgan fingerprint density at radius 1 is 1.14 bits per heavy atom. The molecule has 2 fully saturated rings. The van der Waals surface area contributed by atoms with Crippen LogP contribution in [0.3, 0.4) is 0 Å². The molecule has 1 aromatic rings. The third-order valence-electron chi connectivity index (χ3n) is 4.70. The number of hydrogen-bond donors (Lipinski definition) is 0. The molecule has 21 heavy (non-hydrogen) atoms. The fourth-order valence-electron chi connectivity index (χ4n) is 3.51. The number of benzene rings is 1. The maximum Gasteiger partial charge on any atom is 0.237 e. The van der Waals surface area contributed by atoms with Crippen LogP contribution in [0.1, 0.15) is 43.5 Å². The van der Waals surface area contributed by atoms with Crippen molar-refractivity contribution in [3.05, 3.63) is 29.8 Å². The molecule has 4 nitrogen and oxygen atoms in total. The van der Waals surface area contributed by atoms with Gasteiger partial charge in [-0.25, -0.2) is 0 Å². The lowest BCUT2D eigenvalue weighted by atomic mass is 9.76. The predicted octanol–water partition coefficient (Wildman–Crippen LogP) is 2.81. The van der Waals surface area contributed by atoms with Crippen molar-refractivity contribution in [2.75, 3.05) is 4.90 Å². The third kappa shape index (κ3) is 2.28. The fraction of sp³-hybridized carbons (Fsp3) is 0.471. The molecule has 2 amide bonds. The van der Waals surface area contributed by atoms with E-state index in [0.717, 1.165) is 19.3 Å². The van der Waals surface area contributed by atoms with Gasteiger partial charge in [0.1, 0.15) is 0 Å². The zero-order valence-corrected chi connectivity index (χ0v) is 12.3. The molecule has 0 N–H and O–H groups in total. The Balaban J connectivity index is 1.95. The molecule has 2 aliphatic rings. The minimum absolute atomic E-state index is 0.0676. The first-order valence-corrected chi connectivity index (χ1v) is 7.48. The molecule has 4 heteroatoms. The number of carbonyl (C=O) groups excluding carboxylic acids is 3. The normalized spacial score (nSPS) is 28.7. The molecule has 1 aromatic carbocycles. The van der Waals surface area contributed by atoms with E-state index in [4.69, 9.17) is 0 Å². The second-order valence-electron chi connectivity index (χ2n) is 6.25. The van der Waals surface area contributed by atoms with Gasteiger partial charge in [-0.15, -0.1) is 0 Å². The average Bonchev–Trinajstić information content (AvgIpc) is 2.70. The number of imide groups is 1. The van der Waals surface area contributed by atoms with Gasteiger partial charge in [0.2, 0.25) is 11.8 Å². The van der Waals surface area contributed by atoms with Crippen molar-refractivity contribution >= 4 is 23.3 Å². The molecule has 1 aliphatic heterocycles. The Morgan fingerprint density at radius 3 is 2.57 bits per heavy atom. The predicted molar refractivity (Wildman–Crippen MR) is 78.9 cm³/mol. The van der Waals surface area contributed by atoms with Gasteiger partial charge in [-0.1, -0.05) is 19.1 Å². The van der Waals surface area contributed by atoms with Crippen LogP contribution < -0.4 is 4.90 Å². The SMILES string of the molecule is CC(=O)c1cccc(N2C(=O)[C@H]3CC[C@@H](C)C[C@H]3C2=O)c1. The lowest BCUT2D eigenvalue weighted by molar-refractivity contribution is -0.122. The van der Waals surface area contributed by atoms with Crippen molar-refractivity contribution in [2.24, 2.45) is 17.8 Å². The summed E-state index contributed by atoms with van der Waals surface area (Å²) in [5.74, 6) is -0.125. The largest absolute Gasteiger partial charge is 0.295 e. The summed E-state index contributed by atoms with van der Waals surface area (Å²) in [7, 11) is 0. The summed E-state index contributed by atoms with van der Waals surface area (Å²) in [5, 5.41) is 0. The number of Topliss-reactive ketones (excluding diaryl/α,β-unsaturated/α-hetero) is 1. The molecular weight excluding hydrogens is 266 g/mol. The Bertz CT molecular complexity index is 622. The first-order valence-electron chi connectivity index (χ1n) is 7.48. The van der Waals surface area contributed by atoms with Crippen LogP contribution in [-0.4, -0.2) is 17.6 Å². The summed E-state index contributed by atoms with van der Waals surface area (Å²) >= 11 is 0. The molecule has 1 aliphatic carbocycles. The van der Waals surface area contributed by atoms with Crippen LogP contribution in [0.2, 0.25) is 0 Å². The second kappa shape index (κ2) is 5.10. The lowest BCUT2D eigenvalue weighted by Crippen LogP contribution is -2.31. The number of ketones is 1. The highest BCUT2D eigenvalue weighted by atomic mass is 16.2. The highest BCUT2D eigenvalue weighted by molar-refractivity contribution is 6.22. The Labute approximate surface area is 124 Å². The summed E-state index contributed by atoms with van der Waals surface area (Å²) in [6.07, 6.45) is 2.58. The first kappa shape index (κ1) is 14.0. The van der Waals surface area contributed by atoms with Gasteiger partial charge in [-0.05, 0) is 44.2 Å². The van der Waals surface area contributed by atoms with Crippen LogP contribution in [0.5, 0.6) is 0 Å². The standard InChI is InChI=1S/C17H19NO3/c1-10-6-7-14-15(8-10)17(21)18(16(14)20)13-5-3-4-12(9-13)11(2)19/h3-5,9-10,14-15H,6-8H2,1-2H3/t10-,14+,15-/m1/s1. The monoisotopic (exact) mass is 285 g/mol. The zero-order valence-electron chi connectivity index (χ0n) is 12.3. The van der Waals surface area contributed by atoms with Crippen molar-refractivity contribution < 1.29 is 14.4 Å². The molecule has 0 aromatic heterocycles. The van der Waals surface area contributed by atoms with E-state index < -0.39 is 0 Å². The van der Waals surface area contributed by atoms with E-state index >= 15 is 0 Å². The topological polar surface area (TPSA) is 54.5 Å². The summed E-state index contributed by atoms with van der Waals surface area (Å²) in [6, 6.07) is 6.78. The molecule has 0 bridgehead atoms. The van der Waals surface area contributed by atoms with Gasteiger partial charge in [-0.3, -0.25) is 19.3 Å². The number of anilines is 1. The fourth-order valence-corrected chi connectivity index (χ4v) is 3.51. The number of fused-ring (bicyclic) bond motifs is 1. The molecule has 0 spiro atoms. The molecule has 0 unspecified atom stereocenters. The van der Waals surface area contributed by atoms with Crippen LogP contribution in [0.25, 0.3) is 0 Å². The summed E-state index contributed by atoms with van der Waals surface area (Å²) in [5.41, 5.74) is 1.05. The molecule has 1 heterocycles. The lowest BCUT2D eigenvalue weighted by Gasteiger charge is -2.25. The molecular formula is C17H19NO3. The Kier molecular flexibility index (Phi) is 3.40. The summed E-state index contributed by atoms with van der Waals surface area (Å²) < 4.78 is 0. The van der Waals surface area contributed by atoms with Gasteiger partial charge in [-0.2, -0.15) is 0 Å². The maximum absolute atomic E-state index is 12.6. The summed E-state index contributed by atoms with van der Waals surface area (Å²) in [4.78, 5) is 37.9. The van der Waals surface area contributed by atoms with Crippen LogP contribution in [0.4, 0.5) is 5.69 Å². The van der Waals surface area contributed by atoms with Gasteiger partial charge in [0, 0.05) is 5.56 Å². The minimum atomic E-state index is -0.178. The second-order valence-corrected chi connectivity index (χ2v) is 6.25. The maximum atomic E-state index is 12.6. The van der Waals surface area contributed by atoms with E-state index in [1.54, 1.807) is 24.3 Å². The van der Waals surface area contributed by atoms with E-state index in [-0.39, 0.29) is 29.4 Å². The smallest absolute Gasteiger partial charge is 0.237 e. The van der Waals surface area contributed by atoms with E-state index in [0.29, 0.717) is 17.2 Å². The number of hydrogen-bond acceptors (Lipinski definition) is 3. The van der Waals surface area contributed by atoms with Gasteiger partial charge >= 0.3 is 0 Å². The van der Waals surface area contributed by atoms with Crippen LogP contribution in [0.15, 0.2) is 24.3 Å². The summed E-state index contributed by atoms with van der Waals surface area (Å²) in [6.45, 7) is 3.61. The molecule has 1 saturated heterocycles. The van der Waals surface area contributed by atoms with Gasteiger partial charge in [0.15, 0.2) is 5.78 Å². The number of carbonyl (C=O) groups is 3. The minimum Gasteiger partial charge on any atom is -0.295 e. The van der Waals surface area contributed by atoms with Gasteiger partial charge in [0.05, 0.1) is 17.5 Å². The highest BCUT2D eigenvalue weighted by Gasteiger charge is 2.49. The van der Waals surface area contributed by atoms with Crippen molar-refractivity contribution in [1.29, 1.82) is 0 Å². The van der Waals surface area contributed by atoms with Crippen molar-refractivity contribution in [1.82, 2.24) is 0 Å². The molecule has 3 atom stereocenters. The van der Waals surface area contributed by atoms with Gasteiger partial charge in [0.25, 0.3) is 0 Å². The molecule has 0 radical (unpaired) electrons. The zero-order chi connectivity index (χ0) is 15.1. The van der Waals surface area contributed by atoms with E-state index in [1.165, 1.54) is 11.8 Å². The molecule has 3 rings (SSSR count). The van der Waals surface area contributed by atoms with Crippen LogP contribution >= 0.6 is 0 Å². The van der Waals surface area contributed by atoms with Crippen molar-refractivity contribution in [3.63, 3.8) is 0 Å². The molecule has 110 valence electrons. The van der Waals surface area contributed by atoms with Gasteiger partial charge < -0.3 is 0 Å². The van der Waals surface area contributed by atoms with Crippen LogP contribution in [-0.2, 0) is 9.59 Å². The Morgan fingerprint density at radius 2 is 1.86 bits per heavy atom. The van der Waals surface area contributed by atoms with Crippen molar-refractivity contribution in [3.8, 4) is 0 Å².